The number of benzene rings is 2. The average Bonchev–Trinajstić information content (AvgIpc) is 3.03. The first-order chi connectivity index (χ1) is 12.7. The molecule has 0 aliphatic rings. The van der Waals surface area contributed by atoms with E-state index in [0.29, 0.717) is 18.5 Å². The molecule has 1 aromatic heterocycles. The van der Waals surface area contributed by atoms with Crippen LogP contribution in [-0.2, 0) is 17.8 Å². The van der Waals surface area contributed by atoms with Gasteiger partial charge in [0.1, 0.15) is 5.82 Å². The number of carbonyl (C=O) groups is 2. The Morgan fingerprint density at radius 3 is 2.58 bits per heavy atom. The minimum atomic E-state index is -0.183. The van der Waals surface area contributed by atoms with Gasteiger partial charge in [0.25, 0.3) is 0 Å². The van der Waals surface area contributed by atoms with Crippen LogP contribution < -0.4 is 5.32 Å². The second kappa shape index (κ2) is 8.25. The zero-order chi connectivity index (χ0) is 18.4. The molecule has 0 bridgehead atoms. The van der Waals surface area contributed by atoms with Crippen molar-refractivity contribution in [2.75, 3.05) is 6.54 Å². The van der Waals surface area contributed by atoms with Crippen molar-refractivity contribution in [3.63, 3.8) is 0 Å². The van der Waals surface area contributed by atoms with Crippen molar-refractivity contribution in [1.82, 2.24) is 14.9 Å². The quantitative estimate of drug-likeness (QED) is 0.387. The lowest BCUT2D eigenvalue weighted by Crippen LogP contribution is -2.22. The normalized spacial score (nSPS) is 10.6. The lowest BCUT2D eigenvalue weighted by Gasteiger charge is -2.09. The maximum atomic E-state index is 12.6. The van der Waals surface area contributed by atoms with E-state index < -0.39 is 0 Å². The highest BCUT2D eigenvalue weighted by Crippen LogP contribution is 2.18. The lowest BCUT2D eigenvalue weighted by atomic mass is 10.1. The van der Waals surface area contributed by atoms with Gasteiger partial charge in [-0.15, -0.1) is 0 Å². The molecule has 2 aromatic carbocycles. The molecule has 0 saturated carbocycles. The van der Waals surface area contributed by atoms with Gasteiger partial charge >= 0.3 is 0 Å². The molecule has 0 aliphatic carbocycles. The van der Waals surface area contributed by atoms with Crippen LogP contribution in [0.5, 0.6) is 0 Å². The van der Waals surface area contributed by atoms with E-state index in [0.717, 1.165) is 23.3 Å². The van der Waals surface area contributed by atoms with Gasteiger partial charge in [0.05, 0.1) is 17.6 Å². The number of hydrogen-bond acceptors (Lipinski definition) is 3. The van der Waals surface area contributed by atoms with Gasteiger partial charge in [-0.2, -0.15) is 0 Å². The summed E-state index contributed by atoms with van der Waals surface area (Å²) in [6, 6.07) is 17.1. The third-order valence-corrected chi connectivity index (χ3v) is 4.19. The monoisotopic (exact) mass is 347 g/mol. The third-order valence-electron chi connectivity index (χ3n) is 4.19. The van der Waals surface area contributed by atoms with Crippen molar-refractivity contribution >= 4 is 22.7 Å². The maximum Gasteiger partial charge on any atom is 0.243 e. The standard InChI is InChI=1S/C21H21N3O2/c1-2-21(26)22-14-8-13-20-23-17-11-6-7-12-18(17)24(20)15-19(25)16-9-4-3-5-10-16/h2-7,9-12H,1,8,13-15H2,(H,22,26). The number of rotatable bonds is 8. The summed E-state index contributed by atoms with van der Waals surface area (Å²) < 4.78 is 1.97. The molecule has 0 radical (unpaired) electrons. The molecule has 132 valence electrons. The van der Waals surface area contributed by atoms with E-state index in [9.17, 15) is 9.59 Å². The zero-order valence-electron chi connectivity index (χ0n) is 14.5. The van der Waals surface area contributed by atoms with Crippen molar-refractivity contribution in [2.45, 2.75) is 19.4 Å². The zero-order valence-corrected chi connectivity index (χ0v) is 14.5. The Morgan fingerprint density at radius 1 is 1.08 bits per heavy atom. The molecule has 1 N–H and O–H groups in total. The highest BCUT2D eigenvalue weighted by molar-refractivity contribution is 5.96. The van der Waals surface area contributed by atoms with Crippen LogP contribution in [0.3, 0.4) is 0 Å². The largest absolute Gasteiger partial charge is 0.353 e. The van der Waals surface area contributed by atoms with Crippen LogP contribution in [0.1, 0.15) is 22.6 Å². The van der Waals surface area contributed by atoms with Crippen LogP contribution in [-0.4, -0.2) is 27.8 Å². The Labute approximate surface area is 152 Å². The van der Waals surface area contributed by atoms with Crippen molar-refractivity contribution in [3.05, 3.63) is 78.6 Å². The minimum Gasteiger partial charge on any atom is -0.353 e. The molecule has 3 aromatic rings. The smallest absolute Gasteiger partial charge is 0.243 e. The van der Waals surface area contributed by atoms with Crippen molar-refractivity contribution in [3.8, 4) is 0 Å². The van der Waals surface area contributed by atoms with E-state index in [-0.39, 0.29) is 18.2 Å². The van der Waals surface area contributed by atoms with Gasteiger partial charge in [-0.1, -0.05) is 49.0 Å². The summed E-state index contributed by atoms with van der Waals surface area (Å²) in [5, 5.41) is 2.76. The van der Waals surface area contributed by atoms with Gasteiger partial charge in [0.15, 0.2) is 5.78 Å². The van der Waals surface area contributed by atoms with Crippen molar-refractivity contribution < 1.29 is 9.59 Å². The first-order valence-corrected chi connectivity index (χ1v) is 8.61. The predicted molar refractivity (Wildman–Crippen MR) is 102 cm³/mol. The van der Waals surface area contributed by atoms with Crippen LogP contribution >= 0.6 is 0 Å². The van der Waals surface area contributed by atoms with E-state index in [4.69, 9.17) is 0 Å². The van der Waals surface area contributed by atoms with Crippen molar-refractivity contribution in [1.29, 1.82) is 0 Å². The second-order valence-corrected chi connectivity index (χ2v) is 5.99. The summed E-state index contributed by atoms with van der Waals surface area (Å²) in [6.07, 6.45) is 2.67. The van der Waals surface area contributed by atoms with Gasteiger partial charge in [-0.25, -0.2) is 4.98 Å². The molecule has 5 nitrogen and oxygen atoms in total. The van der Waals surface area contributed by atoms with Gasteiger partial charge in [0, 0.05) is 18.5 Å². The van der Waals surface area contributed by atoms with Crippen LogP contribution in [0, 0.1) is 0 Å². The van der Waals surface area contributed by atoms with E-state index in [1.807, 2.05) is 59.2 Å². The van der Waals surface area contributed by atoms with Crippen LogP contribution in [0.4, 0.5) is 0 Å². The fraction of sp³-hybridized carbons (Fsp3) is 0.190. The summed E-state index contributed by atoms with van der Waals surface area (Å²) in [7, 11) is 0. The molecule has 5 heteroatoms. The molecular formula is C21H21N3O2. The van der Waals surface area contributed by atoms with Crippen LogP contribution in [0.2, 0.25) is 0 Å². The Hall–Kier alpha value is -3.21. The summed E-state index contributed by atoms with van der Waals surface area (Å²) in [5.74, 6) is 0.719. The van der Waals surface area contributed by atoms with E-state index in [1.165, 1.54) is 6.08 Å². The fourth-order valence-corrected chi connectivity index (χ4v) is 2.88. The lowest BCUT2D eigenvalue weighted by molar-refractivity contribution is -0.116. The molecule has 0 aliphatic heterocycles. The van der Waals surface area contributed by atoms with E-state index >= 15 is 0 Å². The Balaban J connectivity index is 1.79. The summed E-state index contributed by atoms with van der Waals surface area (Å²) in [5.41, 5.74) is 2.51. The highest BCUT2D eigenvalue weighted by Gasteiger charge is 2.14. The first-order valence-electron chi connectivity index (χ1n) is 8.61. The van der Waals surface area contributed by atoms with Gasteiger partial charge in [-0.3, -0.25) is 9.59 Å². The number of ketones is 1. The van der Waals surface area contributed by atoms with Crippen LogP contribution in [0.15, 0.2) is 67.3 Å². The number of para-hydroxylation sites is 2. The topological polar surface area (TPSA) is 64.0 Å². The number of Topliss-reactive ketones (excluding diaryl/α,β-unsaturated/α-hetero) is 1. The Morgan fingerprint density at radius 2 is 1.81 bits per heavy atom. The number of nitrogens with one attached hydrogen (secondary N) is 1. The molecule has 0 saturated heterocycles. The second-order valence-electron chi connectivity index (χ2n) is 5.99. The van der Waals surface area contributed by atoms with Crippen molar-refractivity contribution in [2.24, 2.45) is 0 Å². The molecule has 1 heterocycles. The Bertz CT molecular complexity index is 929. The predicted octanol–water partition coefficient (Wildman–Crippen LogP) is 3.15. The molecule has 3 rings (SSSR count). The Kier molecular flexibility index (Phi) is 5.59. The van der Waals surface area contributed by atoms with Gasteiger partial charge in [0.2, 0.25) is 5.91 Å². The van der Waals surface area contributed by atoms with E-state index in [1.54, 1.807) is 0 Å². The molecular weight excluding hydrogens is 326 g/mol. The van der Waals surface area contributed by atoms with E-state index in [2.05, 4.69) is 16.9 Å². The number of nitrogens with zero attached hydrogens (tertiary/aromatic N) is 2. The molecule has 0 spiro atoms. The molecule has 26 heavy (non-hydrogen) atoms. The number of hydrogen-bond donors (Lipinski definition) is 1. The van der Waals surface area contributed by atoms with Gasteiger partial charge in [-0.05, 0) is 24.6 Å². The third kappa shape index (κ3) is 4.06. The number of fused-ring (bicyclic) bond motifs is 1. The highest BCUT2D eigenvalue weighted by atomic mass is 16.1. The number of amides is 1. The fourth-order valence-electron chi connectivity index (χ4n) is 2.88. The maximum absolute atomic E-state index is 12.6. The number of carbonyl (C=O) groups excluding carboxylic acids is 2. The molecule has 0 fully saturated rings. The van der Waals surface area contributed by atoms with Crippen LogP contribution in [0.25, 0.3) is 11.0 Å². The average molecular weight is 347 g/mol. The number of imidazole rings is 1. The summed E-state index contributed by atoms with van der Waals surface area (Å²) >= 11 is 0. The minimum absolute atomic E-state index is 0.0509. The molecule has 1 amide bonds. The molecule has 0 unspecified atom stereocenters. The summed E-state index contributed by atoms with van der Waals surface area (Å²) in [4.78, 5) is 28.6. The number of aromatic nitrogens is 2. The summed E-state index contributed by atoms with van der Waals surface area (Å²) in [6.45, 7) is 4.23. The number of aryl methyl sites for hydroxylation is 1. The first kappa shape index (κ1) is 17.6. The SMILES string of the molecule is C=CC(=O)NCCCc1nc2ccccc2n1CC(=O)c1ccccc1. The van der Waals surface area contributed by atoms with Gasteiger partial charge < -0.3 is 9.88 Å². The molecule has 0 atom stereocenters.